The van der Waals surface area contributed by atoms with Gasteiger partial charge in [-0.25, -0.2) is 0 Å². The summed E-state index contributed by atoms with van der Waals surface area (Å²) in [6, 6.07) is 0. The molecule has 0 bridgehead atoms. The summed E-state index contributed by atoms with van der Waals surface area (Å²) >= 11 is 0. The van der Waals surface area contributed by atoms with Crippen LogP contribution < -0.4 is 0 Å². The Kier molecular flexibility index (Phi) is 39.6. The fraction of sp³-hybridized carbons (Fsp3) is 0.870. The molecule has 2 unspecified atom stereocenters. The molecule has 324 valence electrons. The lowest BCUT2D eigenvalue weighted by molar-refractivity contribution is -0.161. The molecule has 8 nitrogen and oxygen atoms in total. The number of carbonyl (C=O) groups excluding carboxylic acids is 2. The lowest BCUT2D eigenvalue weighted by Crippen LogP contribution is -2.30. The third kappa shape index (κ3) is 39.2. The van der Waals surface area contributed by atoms with E-state index < -0.39 is 13.7 Å². The van der Waals surface area contributed by atoms with E-state index in [-0.39, 0.29) is 31.8 Å². The average Bonchev–Trinajstić information content (AvgIpc) is 3.17. The maximum atomic E-state index is 13.0. The van der Waals surface area contributed by atoms with Crippen LogP contribution in [0.5, 0.6) is 0 Å². The smallest absolute Gasteiger partial charge is 0.327 e. The van der Waals surface area contributed by atoms with Crippen molar-refractivity contribution in [1.82, 2.24) is 4.90 Å². The van der Waals surface area contributed by atoms with E-state index in [4.69, 9.17) is 18.5 Å². The summed E-state index contributed by atoms with van der Waals surface area (Å²) in [5.41, 5.74) is 0. The number of ether oxygens (including phenoxy) is 2. The predicted molar refractivity (Wildman–Crippen MR) is 233 cm³/mol. The van der Waals surface area contributed by atoms with Crippen LogP contribution in [0.1, 0.15) is 207 Å². The van der Waals surface area contributed by atoms with Crippen LogP contribution in [0.25, 0.3) is 0 Å². The highest BCUT2D eigenvalue weighted by Crippen LogP contribution is 2.43. The largest absolute Gasteiger partial charge is 0.462 e. The van der Waals surface area contributed by atoms with Gasteiger partial charge in [-0.1, -0.05) is 155 Å². The summed E-state index contributed by atoms with van der Waals surface area (Å²) in [5.74, 6) is -0.668. The summed E-state index contributed by atoms with van der Waals surface area (Å²) in [5, 5.41) is 0. The minimum absolute atomic E-state index is 0.124. The Morgan fingerprint density at radius 1 is 0.527 bits per heavy atom. The Hall–Kier alpha value is -1.47. The number of nitrogens with zero attached hydrogens (tertiary/aromatic N) is 1. The molecule has 0 rings (SSSR count). The zero-order valence-electron chi connectivity index (χ0n) is 36.7. The molecule has 9 heteroatoms. The molecule has 0 radical (unpaired) electrons. The third-order valence-corrected chi connectivity index (χ3v) is 11.4. The first kappa shape index (κ1) is 53.5. The maximum Gasteiger partial charge on any atom is 0.327 e. The lowest BCUT2D eigenvalue weighted by Gasteiger charge is -2.22. The molecule has 0 spiro atoms. The zero-order valence-corrected chi connectivity index (χ0v) is 37.6. The Balaban J connectivity index is 4.42. The van der Waals surface area contributed by atoms with Crippen LogP contribution in [0.15, 0.2) is 24.3 Å². The Bertz CT molecular complexity index is 968. The van der Waals surface area contributed by atoms with Crippen molar-refractivity contribution in [2.45, 2.75) is 214 Å². The SMILES string of the molecule is CCCCCCCC/C=C\CCCCCCCC(=O)OCC(COP(C)(=O)OCCN(CC)CC)OC(=O)CCCCCCC/C=C\CCCCCCCC. The number of rotatable bonds is 42. The highest BCUT2D eigenvalue weighted by molar-refractivity contribution is 7.52. The lowest BCUT2D eigenvalue weighted by atomic mass is 10.1. The van der Waals surface area contributed by atoms with Crippen LogP contribution >= 0.6 is 7.60 Å². The van der Waals surface area contributed by atoms with Crippen LogP contribution in [-0.2, 0) is 32.7 Å². The van der Waals surface area contributed by atoms with Crippen molar-refractivity contribution < 1.29 is 32.7 Å². The van der Waals surface area contributed by atoms with E-state index in [0.29, 0.717) is 19.4 Å². The second-order valence-electron chi connectivity index (χ2n) is 15.4. The number of hydrogen-bond donors (Lipinski definition) is 0. The number of unbranched alkanes of at least 4 members (excludes halogenated alkanes) is 22. The van der Waals surface area contributed by atoms with Crippen molar-refractivity contribution in [3.05, 3.63) is 24.3 Å². The zero-order chi connectivity index (χ0) is 40.5. The van der Waals surface area contributed by atoms with Crippen molar-refractivity contribution in [3.8, 4) is 0 Å². The highest BCUT2D eigenvalue weighted by Gasteiger charge is 2.24. The van der Waals surface area contributed by atoms with Gasteiger partial charge in [-0.15, -0.1) is 0 Å². The second kappa shape index (κ2) is 40.7. The van der Waals surface area contributed by atoms with Crippen LogP contribution in [0.3, 0.4) is 0 Å². The molecule has 0 heterocycles. The standard InChI is InChI=1S/C46H88NO7P/c1-6-10-12-14-16-18-20-22-24-26-28-30-32-34-36-38-45(48)51-42-44(43-53-55(5,50)52-41-40-47(8-3)9-4)54-46(49)39-37-35-33-31-29-27-25-23-21-19-17-15-13-11-7-2/h22-25,44H,6-21,26-43H2,1-5H3/b24-22-,25-23-. The Labute approximate surface area is 340 Å². The molecule has 0 aromatic rings. The van der Waals surface area contributed by atoms with Crippen molar-refractivity contribution in [3.63, 3.8) is 0 Å². The van der Waals surface area contributed by atoms with Gasteiger partial charge in [0, 0.05) is 26.1 Å². The summed E-state index contributed by atoms with van der Waals surface area (Å²) in [7, 11) is -3.38. The fourth-order valence-corrected chi connectivity index (χ4v) is 7.36. The number of likely N-dealkylation sites (N-methyl/N-ethyl adjacent to an activating group) is 1. The first-order chi connectivity index (χ1) is 26.8. The van der Waals surface area contributed by atoms with E-state index in [9.17, 15) is 14.2 Å². The molecule has 0 aliphatic carbocycles. The second-order valence-corrected chi connectivity index (χ2v) is 17.4. The van der Waals surface area contributed by atoms with Crippen molar-refractivity contribution >= 4 is 19.5 Å². The van der Waals surface area contributed by atoms with Gasteiger partial charge < -0.3 is 23.4 Å². The average molecular weight is 798 g/mol. The van der Waals surface area contributed by atoms with E-state index in [1.54, 1.807) is 0 Å². The van der Waals surface area contributed by atoms with Gasteiger partial charge in [0.15, 0.2) is 6.10 Å². The van der Waals surface area contributed by atoms with Crippen molar-refractivity contribution in [1.29, 1.82) is 0 Å². The molecule has 0 saturated carbocycles. The van der Waals surface area contributed by atoms with Gasteiger partial charge in [-0.2, -0.15) is 0 Å². The van der Waals surface area contributed by atoms with Gasteiger partial charge in [0.2, 0.25) is 0 Å². The minimum Gasteiger partial charge on any atom is -0.462 e. The van der Waals surface area contributed by atoms with Gasteiger partial charge in [0.25, 0.3) is 0 Å². The molecule has 2 atom stereocenters. The number of hydrogen-bond acceptors (Lipinski definition) is 8. The van der Waals surface area contributed by atoms with E-state index in [2.05, 4.69) is 56.9 Å². The highest BCUT2D eigenvalue weighted by atomic mass is 31.2. The van der Waals surface area contributed by atoms with Crippen LogP contribution in [0.4, 0.5) is 0 Å². The van der Waals surface area contributed by atoms with Crippen molar-refractivity contribution in [2.24, 2.45) is 0 Å². The first-order valence-electron chi connectivity index (χ1n) is 23.0. The summed E-state index contributed by atoms with van der Waals surface area (Å²) < 4.78 is 35.4. The van der Waals surface area contributed by atoms with Gasteiger partial charge >= 0.3 is 19.5 Å². The minimum atomic E-state index is -3.38. The van der Waals surface area contributed by atoms with Crippen LogP contribution in [-0.4, -0.2) is 69.1 Å². The molecular weight excluding hydrogens is 709 g/mol. The predicted octanol–water partition coefficient (Wildman–Crippen LogP) is 13.7. The number of allylic oxidation sites excluding steroid dienone is 4. The van der Waals surface area contributed by atoms with E-state index in [1.807, 2.05) is 0 Å². The van der Waals surface area contributed by atoms with Gasteiger partial charge in [-0.05, 0) is 77.3 Å². The van der Waals surface area contributed by atoms with Crippen LogP contribution in [0, 0.1) is 0 Å². The molecule has 0 aromatic carbocycles. The molecule has 0 amide bonds. The molecule has 0 aliphatic heterocycles. The molecule has 0 N–H and O–H groups in total. The third-order valence-electron chi connectivity index (χ3n) is 10.1. The Morgan fingerprint density at radius 2 is 0.927 bits per heavy atom. The Morgan fingerprint density at radius 3 is 1.36 bits per heavy atom. The molecule has 55 heavy (non-hydrogen) atoms. The van der Waals surface area contributed by atoms with E-state index in [1.165, 1.54) is 109 Å². The normalized spacial score (nSPS) is 13.6. The van der Waals surface area contributed by atoms with E-state index >= 15 is 0 Å². The fourth-order valence-electron chi connectivity index (χ4n) is 6.43. The van der Waals surface area contributed by atoms with Crippen molar-refractivity contribution in [2.75, 3.05) is 46.1 Å². The van der Waals surface area contributed by atoms with Gasteiger partial charge in [-0.3, -0.25) is 14.2 Å². The summed E-state index contributed by atoms with van der Waals surface area (Å²) in [4.78, 5) is 27.5. The van der Waals surface area contributed by atoms with Gasteiger partial charge in [0.1, 0.15) is 6.61 Å². The molecular formula is C46H88NO7P. The maximum absolute atomic E-state index is 13.0. The molecule has 0 saturated heterocycles. The molecule has 0 fully saturated rings. The van der Waals surface area contributed by atoms with Crippen LogP contribution in [0.2, 0.25) is 0 Å². The molecule has 0 aromatic heterocycles. The summed E-state index contributed by atoms with van der Waals surface area (Å²) in [6.45, 7) is 12.5. The molecule has 0 aliphatic rings. The van der Waals surface area contributed by atoms with E-state index in [0.717, 1.165) is 77.3 Å². The quantitative estimate of drug-likeness (QED) is 0.0261. The topological polar surface area (TPSA) is 91.4 Å². The number of carbonyl (C=O) groups is 2. The monoisotopic (exact) mass is 798 g/mol. The first-order valence-corrected chi connectivity index (χ1v) is 25.0. The van der Waals surface area contributed by atoms with Gasteiger partial charge in [0.05, 0.1) is 13.2 Å². The number of esters is 2. The summed E-state index contributed by atoms with van der Waals surface area (Å²) in [6.07, 6.45) is 40.1.